The summed E-state index contributed by atoms with van der Waals surface area (Å²) in [6, 6.07) is 0. The smallest absolute Gasteiger partial charge is 0.345 e. The van der Waals surface area contributed by atoms with Crippen LogP contribution in [0.25, 0.3) is 0 Å². The van der Waals surface area contributed by atoms with Gasteiger partial charge >= 0.3 is 11.9 Å². The molecule has 2 saturated carbocycles. The van der Waals surface area contributed by atoms with Crippen LogP contribution in [0.5, 0.6) is 0 Å². The fourth-order valence-corrected chi connectivity index (χ4v) is 2.89. The van der Waals surface area contributed by atoms with Gasteiger partial charge in [-0.15, -0.1) is 0 Å². The first kappa shape index (κ1) is 15.1. The second kappa shape index (κ2) is 7.46. The zero-order valence-electron chi connectivity index (χ0n) is 12.1. The molecule has 0 N–H and O–H groups in total. The minimum atomic E-state index is -0.613. The second-order valence-electron chi connectivity index (χ2n) is 5.81. The molecular formula is C16H24O4. The third-order valence-electron chi connectivity index (χ3n) is 4.14. The van der Waals surface area contributed by atoms with Crippen molar-refractivity contribution in [2.24, 2.45) is 0 Å². The Morgan fingerprint density at radius 2 is 1.05 bits per heavy atom. The molecule has 0 aliphatic heterocycles. The first-order valence-corrected chi connectivity index (χ1v) is 7.77. The molecular weight excluding hydrogens is 256 g/mol. The van der Waals surface area contributed by atoms with Crippen molar-refractivity contribution in [1.82, 2.24) is 0 Å². The highest BCUT2D eigenvalue weighted by molar-refractivity contribution is 6.13. The molecule has 0 saturated heterocycles. The van der Waals surface area contributed by atoms with Crippen LogP contribution < -0.4 is 0 Å². The van der Waals surface area contributed by atoms with Crippen LogP contribution in [0.3, 0.4) is 0 Å². The fourth-order valence-electron chi connectivity index (χ4n) is 2.89. The van der Waals surface area contributed by atoms with Crippen molar-refractivity contribution >= 4 is 11.9 Å². The zero-order chi connectivity index (χ0) is 14.4. The van der Waals surface area contributed by atoms with Crippen LogP contribution in [0.2, 0.25) is 0 Å². The van der Waals surface area contributed by atoms with Crippen molar-refractivity contribution in [2.45, 2.75) is 76.4 Å². The standard InChI is InChI=1S/C16H24O4/c1-12(15(17)19-13-8-4-2-5-9-13)16(18)20-14-10-6-3-7-11-14/h13-14H,1-11H2. The van der Waals surface area contributed by atoms with Gasteiger partial charge in [-0.3, -0.25) is 0 Å². The van der Waals surface area contributed by atoms with E-state index in [9.17, 15) is 9.59 Å². The molecule has 2 aliphatic carbocycles. The summed E-state index contributed by atoms with van der Waals surface area (Å²) in [4.78, 5) is 23.7. The molecule has 4 nitrogen and oxygen atoms in total. The van der Waals surface area contributed by atoms with Gasteiger partial charge in [0.2, 0.25) is 0 Å². The van der Waals surface area contributed by atoms with E-state index >= 15 is 0 Å². The minimum Gasteiger partial charge on any atom is -0.459 e. The van der Waals surface area contributed by atoms with E-state index in [0.29, 0.717) is 0 Å². The number of rotatable bonds is 4. The molecule has 0 unspecified atom stereocenters. The Balaban J connectivity index is 1.76. The highest BCUT2D eigenvalue weighted by Crippen LogP contribution is 2.23. The monoisotopic (exact) mass is 280 g/mol. The number of ether oxygens (including phenoxy) is 2. The summed E-state index contributed by atoms with van der Waals surface area (Å²) in [7, 11) is 0. The summed E-state index contributed by atoms with van der Waals surface area (Å²) in [6.07, 6.45) is 10.1. The lowest BCUT2D eigenvalue weighted by Crippen LogP contribution is -2.27. The molecule has 4 heteroatoms. The molecule has 2 aliphatic rings. The lowest BCUT2D eigenvalue weighted by molar-refractivity contribution is -0.154. The Kier molecular flexibility index (Phi) is 5.62. The third kappa shape index (κ3) is 4.36. The molecule has 20 heavy (non-hydrogen) atoms. The summed E-state index contributed by atoms with van der Waals surface area (Å²) in [5, 5.41) is 0. The molecule has 0 aromatic rings. The Morgan fingerprint density at radius 3 is 1.40 bits per heavy atom. The van der Waals surface area contributed by atoms with Crippen molar-refractivity contribution in [1.29, 1.82) is 0 Å². The molecule has 0 aromatic carbocycles. The van der Waals surface area contributed by atoms with E-state index in [-0.39, 0.29) is 17.8 Å². The van der Waals surface area contributed by atoms with Crippen LogP contribution in [0.4, 0.5) is 0 Å². The summed E-state index contributed by atoms with van der Waals surface area (Å²) in [6.45, 7) is 3.54. The van der Waals surface area contributed by atoms with Gasteiger partial charge in [-0.1, -0.05) is 19.4 Å². The van der Waals surface area contributed by atoms with E-state index in [1.54, 1.807) is 0 Å². The molecule has 0 spiro atoms. The quantitative estimate of drug-likeness (QED) is 0.343. The summed E-state index contributed by atoms with van der Waals surface area (Å²) >= 11 is 0. The SMILES string of the molecule is C=C(C(=O)OC1CCCCC1)C(=O)OC1CCCCC1. The highest BCUT2D eigenvalue weighted by Gasteiger charge is 2.26. The Bertz CT molecular complexity index is 329. The molecule has 0 bridgehead atoms. The number of carbonyl (C=O) groups is 2. The molecule has 2 rings (SSSR count). The first-order valence-electron chi connectivity index (χ1n) is 7.77. The normalized spacial score (nSPS) is 21.2. The maximum absolute atomic E-state index is 11.9. The largest absolute Gasteiger partial charge is 0.459 e. The van der Waals surface area contributed by atoms with Gasteiger partial charge in [0.05, 0.1) is 0 Å². The second-order valence-corrected chi connectivity index (χ2v) is 5.81. The molecule has 0 amide bonds. The third-order valence-corrected chi connectivity index (χ3v) is 4.14. The van der Waals surface area contributed by atoms with E-state index in [2.05, 4.69) is 6.58 Å². The Labute approximate surface area is 120 Å². The average Bonchev–Trinajstić information content (AvgIpc) is 2.48. The van der Waals surface area contributed by atoms with Crippen LogP contribution >= 0.6 is 0 Å². The van der Waals surface area contributed by atoms with Crippen molar-refractivity contribution < 1.29 is 19.1 Å². The van der Waals surface area contributed by atoms with Crippen LogP contribution in [0, 0.1) is 0 Å². The maximum Gasteiger partial charge on any atom is 0.345 e. The summed E-state index contributed by atoms with van der Waals surface area (Å²) < 4.78 is 10.6. The molecule has 2 fully saturated rings. The Morgan fingerprint density at radius 1 is 0.700 bits per heavy atom. The molecule has 0 atom stereocenters. The van der Waals surface area contributed by atoms with Gasteiger partial charge in [0.25, 0.3) is 0 Å². The van der Waals surface area contributed by atoms with Crippen molar-refractivity contribution in [2.75, 3.05) is 0 Å². The lowest BCUT2D eigenvalue weighted by Gasteiger charge is -2.23. The van der Waals surface area contributed by atoms with Crippen LogP contribution in [-0.4, -0.2) is 24.1 Å². The number of esters is 2. The maximum atomic E-state index is 11.9. The van der Waals surface area contributed by atoms with E-state index in [1.165, 1.54) is 12.8 Å². The van der Waals surface area contributed by atoms with Gasteiger partial charge in [0.15, 0.2) is 0 Å². The topological polar surface area (TPSA) is 52.6 Å². The van der Waals surface area contributed by atoms with Crippen LogP contribution in [0.15, 0.2) is 12.2 Å². The highest BCUT2D eigenvalue weighted by atomic mass is 16.6. The van der Waals surface area contributed by atoms with Gasteiger partial charge in [-0.25, -0.2) is 9.59 Å². The van der Waals surface area contributed by atoms with E-state index in [4.69, 9.17) is 9.47 Å². The summed E-state index contributed by atoms with van der Waals surface area (Å²) in [5.74, 6) is -1.23. The zero-order valence-corrected chi connectivity index (χ0v) is 12.1. The van der Waals surface area contributed by atoms with Crippen molar-refractivity contribution in [3.8, 4) is 0 Å². The minimum absolute atomic E-state index is 0.0597. The fraction of sp³-hybridized carbons (Fsp3) is 0.750. The van der Waals surface area contributed by atoms with Crippen LogP contribution in [-0.2, 0) is 19.1 Å². The van der Waals surface area contributed by atoms with Crippen molar-refractivity contribution in [3.63, 3.8) is 0 Å². The number of hydrogen-bond donors (Lipinski definition) is 0. The summed E-state index contributed by atoms with van der Waals surface area (Å²) in [5.41, 5.74) is -0.166. The van der Waals surface area contributed by atoms with Crippen molar-refractivity contribution in [3.05, 3.63) is 12.2 Å². The number of hydrogen-bond acceptors (Lipinski definition) is 4. The molecule has 0 radical (unpaired) electrons. The number of carbonyl (C=O) groups excluding carboxylic acids is 2. The van der Waals surface area contributed by atoms with Crippen LogP contribution in [0.1, 0.15) is 64.2 Å². The average molecular weight is 280 g/mol. The van der Waals surface area contributed by atoms with E-state index < -0.39 is 11.9 Å². The van der Waals surface area contributed by atoms with Gasteiger partial charge < -0.3 is 9.47 Å². The first-order chi connectivity index (χ1) is 9.66. The van der Waals surface area contributed by atoms with E-state index in [0.717, 1.165) is 51.4 Å². The van der Waals surface area contributed by atoms with Gasteiger partial charge in [0.1, 0.15) is 17.8 Å². The molecule has 112 valence electrons. The predicted molar refractivity (Wildman–Crippen MR) is 75.1 cm³/mol. The lowest BCUT2D eigenvalue weighted by atomic mass is 9.97. The molecule has 0 heterocycles. The van der Waals surface area contributed by atoms with Gasteiger partial charge in [-0.05, 0) is 51.4 Å². The predicted octanol–water partition coefficient (Wildman–Crippen LogP) is 3.29. The van der Waals surface area contributed by atoms with Gasteiger partial charge in [0, 0.05) is 0 Å². The Hall–Kier alpha value is -1.32. The molecule has 0 aromatic heterocycles. The van der Waals surface area contributed by atoms with Gasteiger partial charge in [-0.2, -0.15) is 0 Å². The van der Waals surface area contributed by atoms with E-state index in [1.807, 2.05) is 0 Å².